The molecule has 66 valence electrons. The lowest BCUT2D eigenvalue weighted by Crippen LogP contribution is -2.42. The highest BCUT2D eigenvalue weighted by atomic mass is 15.2. The average molecular weight is 171 g/mol. The lowest BCUT2D eigenvalue weighted by molar-refractivity contribution is 0.275. The SMILES string of the molecule is C1=CC2C=CCN3C=CCC(=C1)C23. The Morgan fingerprint density at radius 3 is 3.23 bits per heavy atom. The number of hydrogen-bond donors (Lipinski definition) is 0. The summed E-state index contributed by atoms with van der Waals surface area (Å²) in [6.45, 7) is 1.07. The van der Waals surface area contributed by atoms with Crippen LogP contribution in [-0.4, -0.2) is 17.5 Å². The third-order valence-corrected chi connectivity index (χ3v) is 3.07. The van der Waals surface area contributed by atoms with Crippen molar-refractivity contribution in [3.63, 3.8) is 0 Å². The zero-order chi connectivity index (χ0) is 8.67. The first-order valence-electron chi connectivity index (χ1n) is 4.91. The lowest BCUT2D eigenvalue weighted by atomic mass is 9.82. The maximum absolute atomic E-state index is 2.43. The van der Waals surface area contributed by atoms with E-state index < -0.39 is 0 Å². The van der Waals surface area contributed by atoms with Crippen molar-refractivity contribution in [2.24, 2.45) is 5.92 Å². The Hall–Kier alpha value is -1.24. The Morgan fingerprint density at radius 2 is 2.23 bits per heavy atom. The summed E-state index contributed by atoms with van der Waals surface area (Å²) in [7, 11) is 0. The smallest absolute Gasteiger partial charge is 0.0603 e. The van der Waals surface area contributed by atoms with Gasteiger partial charge in [0, 0.05) is 12.5 Å². The molecule has 13 heavy (non-hydrogen) atoms. The van der Waals surface area contributed by atoms with Crippen LogP contribution in [0.1, 0.15) is 6.42 Å². The van der Waals surface area contributed by atoms with Gasteiger partial charge in [-0.05, 0) is 18.2 Å². The van der Waals surface area contributed by atoms with Crippen LogP contribution in [-0.2, 0) is 0 Å². The summed E-state index contributed by atoms with van der Waals surface area (Å²) < 4.78 is 0. The molecule has 0 aromatic heterocycles. The van der Waals surface area contributed by atoms with Gasteiger partial charge in [0.05, 0.1) is 6.04 Å². The monoisotopic (exact) mass is 171 g/mol. The summed E-state index contributed by atoms with van der Waals surface area (Å²) in [6, 6.07) is 0.625. The second kappa shape index (κ2) is 2.63. The van der Waals surface area contributed by atoms with E-state index >= 15 is 0 Å². The molecular weight excluding hydrogens is 158 g/mol. The van der Waals surface area contributed by atoms with Gasteiger partial charge in [-0.25, -0.2) is 0 Å². The van der Waals surface area contributed by atoms with Gasteiger partial charge in [0.25, 0.3) is 0 Å². The molecule has 0 aromatic rings. The molecule has 0 radical (unpaired) electrons. The molecule has 0 saturated carbocycles. The summed E-state index contributed by atoms with van der Waals surface area (Å²) in [4.78, 5) is 2.43. The first-order valence-corrected chi connectivity index (χ1v) is 4.91. The van der Waals surface area contributed by atoms with Crippen LogP contribution >= 0.6 is 0 Å². The van der Waals surface area contributed by atoms with E-state index in [-0.39, 0.29) is 0 Å². The highest BCUT2D eigenvalue weighted by Crippen LogP contribution is 2.33. The van der Waals surface area contributed by atoms with Crippen LogP contribution in [0.2, 0.25) is 0 Å². The molecule has 3 rings (SSSR count). The van der Waals surface area contributed by atoms with Crippen molar-refractivity contribution in [2.45, 2.75) is 12.5 Å². The van der Waals surface area contributed by atoms with Gasteiger partial charge < -0.3 is 4.90 Å². The molecule has 0 saturated heterocycles. The molecule has 3 aliphatic rings. The summed E-state index contributed by atoms with van der Waals surface area (Å²) in [5.41, 5.74) is 1.57. The molecule has 1 nitrogen and oxygen atoms in total. The Kier molecular flexibility index (Phi) is 1.45. The Bertz CT molecular complexity index is 333. The van der Waals surface area contributed by atoms with Crippen LogP contribution in [0.4, 0.5) is 0 Å². The molecule has 1 aliphatic carbocycles. The molecule has 0 N–H and O–H groups in total. The average Bonchev–Trinajstić information content (AvgIpc) is 2.19. The fourth-order valence-corrected chi connectivity index (χ4v) is 2.48. The summed E-state index contributed by atoms with van der Waals surface area (Å²) in [6.07, 6.45) is 17.0. The van der Waals surface area contributed by atoms with Crippen molar-refractivity contribution in [3.05, 3.63) is 48.2 Å². The van der Waals surface area contributed by atoms with E-state index in [4.69, 9.17) is 0 Å². The van der Waals surface area contributed by atoms with Crippen LogP contribution in [0.25, 0.3) is 0 Å². The minimum absolute atomic E-state index is 0.610. The summed E-state index contributed by atoms with van der Waals surface area (Å²) >= 11 is 0. The third kappa shape index (κ3) is 0.998. The Labute approximate surface area is 78.7 Å². The molecule has 0 fully saturated rings. The van der Waals surface area contributed by atoms with Gasteiger partial charge in [-0.1, -0.05) is 36.5 Å². The quantitative estimate of drug-likeness (QED) is 0.505. The highest BCUT2D eigenvalue weighted by molar-refractivity contribution is 5.35. The second-order valence-corrected chi connectivity index (χ2v) is 3.86. The van der Waals surface area contributed by atoms with Crippen molar-refractivity contribution in [1.82, 2.24) is 4.90 Å². The maximum atomic E-state index is 2.43. The molecule has 2 heterocycles. The van der Waals surface area contributed by atoms with Crippen molar-refractivity contribution in [3.8, 4) is 0 Å². The first kappa shape index (κ1) is 7.19. The van der Waals surface area contributed by atoms with E-state index in [2.05, 4.69) is 47.6 Å². The normalized spacial score (nSPS) is 34.5. The van der Waals surface area contributed by atoms with Crippen molar-refractivity contribution in [2.75, 3.05) is 6.54 Å². The number of rotatable bonds is 0. The van der Waals surface area contributed by atoms with Gasteiger partial charge in [0.15, 0.2) is 0 Å². The maximum Gasteiger partial charge on any atom is 0.0603 e. The van der Waals surface area contributed by atoms with Crippen molar-refractivity contribution < 1.29 is 0 Å². The summed E-state index contributed by atoms with van der Waals surface area (Å²) in [5, 5.41) is 0. The predicted molar refractivity (Wildman–Crippen MR) is 54.1 cm³/mol. The van der Waals surface area contributed by atoms with Gasteiger partial charge in [-0.3, -0.25) is 0 Å². The van der Waals surface area contributed by atoms with Gasteiger partial charge in [-0.2, -0.15) is 0 Å². The molecule has 0 amide bonds. The second-order valence-electron chi connectivity index (χ2n) is 3.86. The molecule has 1 heteroatoms. The fourth-order valence-electron chi connectivity index (χ4n) is 2.48. The van der Waals surface area contributed by atoms with Crippen molar-refractivity contribution >= 4 is 0 Å². The number of hydrogen-bond acceptors (Lipinski definition) is 1. The van der Waals surface area contributed by atoms with Crippen LogP contribution in [0.3, 0.4) is 0 Å². The highest BCUT2D eigenvalue weighted by Gasteiger charge is 2.30. The fraction of sp³-hybridized carbons (Fsp3) is 0.333. The predicted octanol–water partition coefficient (Wildman–Crippen LogP) is 2.26. The molecule has 2 atom stereocenters. The molecule has 0 aromatic carbocycles. The summed E-state index contributed by atoms with van der Waals surface area (Å²) in [5.74, 6) is 0.610. The van der Waals surface area contributed by atoms with Crippen LogP contribution < -0.4 is 0 Å². The largest absolute Gasteiger partial charge is 0.366 e. The lowest BCUT2D eigenvalue weighted by Gasteiger charge is -2.41. The van der Waals surface area contributed by atoms with Gasteiger partial charge in [0.1, 0.15) is 0 Å². The van der Waals surface area contributed by atoms with Gasteiger partial charge >= 0.3 is 0 Å². The standard InChI is InChI=1S/C12H13N/c1-4-10-6-2-8-13-9-3-7-11(5-1)12(10)13/h1-6,9-10,12H,7-8H2. The van der Waals surface area contributed by atoms with Crippen LogP contribution in [0, 0.1) is 5.92 Å². The number of allylic oxidation sites excluding steroid dienone is 3. The van der Waals surface area contributed by atoms with E-state index in [9.17, 15) is 0 Å². The van der Waals surface area contributed by atoms with E-state index in [1.807, 2.05) is 0 Å². The first-order chi connectivity index (χ1) is 6.45. The molecule has 2 aliphatic heterocycles. The molecule has 0 bridgehead atoms. The van der Waals surface area contributed by atoms with E-state index in [1.54, 1.807) is 5.57 Å². The molecular formula is C12H13N. The zero-order valence-electron chi connectivity index (χ0n) is 7.56. The molecule has 0 spiro atoms. The minimum Gasteiger partial charge on any atom is -0.366 e. The Morgan fingerprint density at radius 1 is 1.23 bits per heavy atom. The van der Waals surface area contributed by atoms with E-state index in [0.29, 0.717) is 12.0 Å². The topological polar surface area (TPSA) is 3.24 Å². The van der Waals surface area contributed by atoms with E-state index in [1.165, 1.54) is 0 Å². The molecule has 2 unspecified atom stereocenters. The van der Waals surface area contributed by atoms with E-state index in [0.717, 1.165) is 13.0 Å². The van der Waals surface area contributed by atoms with Crippen molar-refractivity contribution in [1.29, 1.82) is 0 Å². The third-order valence-electron chi connectivity index (χ3n) is 3.07. The van der Waals surface area contributed by atoms with Gasteiger partial charge in [-0.15, -0.1) is 0 Å². The van der Waals surface area contributed by atoms with Crippen LogP contribution in [0.15, 0.2) is 48.2 Å². The minimum atomic E-state index is 0.610. The zero-order valence-corrected chi connectivity index (χ0v) is 7.56. The number of nitrogens with zero attached hydrogens (tertiary/aromatic N) is 1. The Balaban J connectivity index is 2.08. The van der Waals surface area contributed by atoms with Gasteiger partial charge in [0.2, 0.25) is 0 Å². The van der Waals surface area contributed by atoms with Crippen LogP contribution in [0.5, 0.6) is 0 Å².